The molecule has 2 aromatic rings. The summed E-state index contributed by atoms with van der Waals surface area (Å²) in [6, 6.07) is 7.16. The van der Waals surface area contributed by atoms with Crippen molar-refractivity contribution in [2.75, 3.05) is 7.11 Å². The number of nitrogens with zero attached hydrogens (tertiary/aromatic N) is 1. The fraction of sp³-hybridized carbons (Fsp3) is 0.167. The van der Waals surface area contributed by atoms with Crippen molar-refractivity contribution in [3.05, 3.63) is 40.2 Å². The monoisotopic (exact) mass is 232 g/mol. The van der Waals surface area contributed by atoms with Crippen molar-refractivity contribution in [3.8, 4) is 17.0 Å². The summed E-state index contributed by atoms with van der Waals surface area (Å²) in [6.07, 6.45) is 0.563. The number of aromatic nitrogens is 2. The van der Waals surface area contributed by atoms with E-state index >= 15 is 0 Å². The van der Waals surface area contributed by atoms with Crippen molar-refractivity contribution >= 4 is 6.29 Å². The number of aldehydes is 1. The summed E-state index contributed by atoms with van der Waals surface area (Å²) in [5.41, 5.74) is 1.04. The molecular weight excluding hydrogens is 220 g/mol. The second kappa shape index (κ2) is 4.29. The largest absolute Gasteiger partial charge is 0.497 e. The Hall–Kier alpha value is -2.30. The van der Waals surface area contributed by atoms with E-state index in [1.807, 2.05) is 0 Å². The minimum absolute atomic E-state index is 0.126. The van der Waals surface area contributed by atoms with Crippen molar-refractivity contribution < 1.29 is 9.53 Å². The molecule has 88 valence electrons. The van der Waals surface area contributed by atoms with Gasteiger partial charge in [-0.2, -0.15) is 0 Å². The number of hydrogen-bond acceptors (Lipinski definition) is 3. The Kier molecular flexibility index (Phi) is 2.82. The van der Waals surface area contributed by atoms with Crippen LogP contribution in [0.5, 0.6) is 5.75 Å². The zero-order chi connectivity index (χ0) is 12.4. The second-order valence-corrected chi connectivity index (χ2v) is 3.61. The average Bonchev–Trinajstić information content (AvgIpc) is 2.65. The van der Waals surface area contributed by atoms with Gasteiger partial charge in [-0.3, -0.25) is 19.4 Å². The summed E-state index contributed by atoms with van der Waals surface area (Å²) < 4.78 is 6.38. The number of hydrogen-bond donors (Lipinski definition) is 1. The Balaban J connectivity index is 2.63. The Morgan fingerprint density at radius 2 is 2.18 bits per heavy atom. The van der Waals surface area contributed by atoms with E-state index in [9.17, 15) is 9.59 Å². The molecule has 0 amide bonds. The molecule has 1 heterocycles. The fourth-order valence-corrected chi connectivity index (χ4v) is 1.67. The van der Waals surface area contributed by atoms with E-state index in [2.05, 4.69) is 5.10 Å². The maximum atomic E-state index is 11.6. The number of benzene rings is 1. The summed E-state index contributed by atoms with van der Waals surface area (Å²) in [4.78, 5) is 22.5. The topological polar surface area (TPSA) is 64.1 Å². The van der Waals surface area contributed by atoms with Gasteiger partial charge < -0.3 is 4.74 Å². The van der Waals surface area contributed by atoms with E-state index < -0.39 is 0 Å². The zero-order valence-corrected chi connectivity index (χ0v) is 9.56. The number of H-pyrrole nitrogens is 1. The standard InChI is InChI=1S/C12H12N2O3/c1-14-12(16)10(7-15)11(13-14)8-4-3-5-9(6-8)17-2/h3-7,13H,1-2H3. The Labute approximate surface area is 97.6 Å². The molecule has 0 aliphatic rings. The fourth-order valence-electron chi connectivity index (χ4n) is 1.67. The molecule has 0 saturated heterocycles. The van der Waals surface area contributed by atoms with Crippen molar-refractivity contribution in [1.82, 2.24) is 9.78 Å². The lowest BCUT2D eigenvalue weighted by molar-refractivity contribution is 0.112. The number of ether oxygens (including phenoxy) is 1. The van der Waals surface area contributed by atoms with Crippen molar-refractivity contribution in [1.29, 1.82) is 0 Å². The van der Waals surface area contributed by atoms with Crippen LogP contribution < -0.4 is 10.3 Å². The van der Waals surface area contributed by atoms with E-state index in [1.54, 1.807) is 38.4 Å². The molecule has 5 heteroatoms. The summed E-state index contributed by atoms with van der Waals surface area (Å²) in [5, 5.41) is 2.85. The third-order valence-corrected chi connectivity index (χ3v) is 2.56. The predicted octanol–water partition coefficient (Wildman–Crippen LogP) is 1.20. The SMILES string of the molecule is COc1cccc(-c2[nH]n(C)c(=O)c2C=O)c1. The zero-order valence-electron chi connectivity index (χ0n) is 9.56. The highest BCUT2D eigenvalue weighted by molar-refractivity contribution is 5.85. The molecule has 0 unspecified atom stereocenters. The molecule has 1 aromatic heterocycles. The molecule has 0 fully saturated rings. The lowest BCUT2D eigenvalue weighted by atomic mass is 10.1. The number of nitrogens with one attached hydrogen (secondary N) is 1. The first kappa shape index (κ1) is 11.2. The quantitative estimate of drug-likeness (QED) is 0.809. The lowest BCUT2D eigenvalue weighted by Gasteiger charge is -2.02. The van der Waals surface area contributed by atoms with Crippen LogP contribution in [0.2, 0.25) is 0 Å². The van der Waals surface area contributed by atoms with Crippen LogP contribution in [-0.2, 0) is 7.05 Å². The molecular formula is C12H12N2O3. The number of aromatic amines is 1. The number of carbonyl (C=O) groups excluding carboxylic acids is 1. The van der Waals surface area contributed by atoms with E-state index in [0.29, 0.717) is 17.7 Å². The molecule has 0 radical (unpaired) electrons. The van der Waals surface area contributed by atoms with Gasteiger partial charge in [0.25, 0.3) is 5.56 Å². The van der Waals surface area contributed by atoms with Gasteiger partial charge >= 0.3 is 0 Å². The highest BCUT2D eigenvalue weighted by Crippen LogP contribution is 2.23. The molecule has 0 bridgehead atoms. The molecule has 5 nitrogen and oxygen atoms in total. The molecule has 0 atom stereocenters. The van der Waals surface area contributed by atoms with Crippen LogP contribution >= 0.6 is 0 Å². The normalized spacial score (nSPS) is 10.2. The number of aryl methyl sites for hydroxylation is 1. The molecule has 0 aliphatic carbocycles. The van der Waals surface area contributed by atoms with Crippen LogP contribution in [0.25, 0.3) is 11.3 Å². The highest BCUT2D eigenvalue weighted by atomic mass is 16.5. The molecule has 2 rings (SSSR count). The van der Waals surface area contributed by atoms with Gasteiger partial charge in [0.1, 0.15) is 11.3 Å². The maximum Gasteiger partial charge on any atom is 0.277 e. The van der Waals surface area contributed by atoms with Crippen LogP contribution in [-0.4, -0.2) is 23.2 Å². The Bertz CT molecular complexity index is 610. The van der Waals surface area contributed by atoms with Gasteiger partial charge in [-0.25, -0.2) is 0 Å². The number of carbonyl (C=O) groups is 1. The first-order valence-electron chi connectivity index (χ1n) is 5.06. The van der Waals surface area contributed by atoms with Crippen LogP contribution in [0.4, 0.5) is 0 Å². The third-order valence-electron chi connectivity index (χ3n) is 2.56. The van der Waals surface area contributed by atoms with E-state index in [1.165, 1.54) is 4.68 Å². The predicted molar refractivity (Wildman–Crippen MR) is 63.4 cm³/mol. The summed E-state index contributed by atoms with van der Waals surface area (Å²) in [7, 11) is 3.13. The van der Waals surface area contributed by atoms with E-state index in [0.717, 1.165) is 5.56 Å². The van der Waals surface area contributed by atoms with Crippen molar-refractivity contribution in [3.63, 3.8) is 0 Å². The van der Waals surface area contributed by atoms with Gasteiger partial charge in [0.05, 0.1) is 12.8 Å². The van der Waals surface area contributed by atoms with Crippen LogP contribution in [0, 0.1) is 0 Å². The van der Waals surface area contributed by atoms with E-state index in [-0.39, 0.29) is 11.1 Å². The minimum atomic E-state index is -0.335. The molecule has 0 aliphatic heterocycles. The number of methoxy groups -OCH3 is 1. The van der Waals surface area contributed by atoms with Crippen LogP contribution in [0.1, 0.15) is 10.4 Å². The molecule has 0 spiro atoms. The maximum absolute atomic E-state index is 11.6. The lowest BCUT2D eigenvalue weighted by Crippen LogP contribution is -2.14. The molecule has 0 saturated carbocycles. The number of rotatable bonds is 3. The molecule has 17 heavy (non-hydrogen) atoms. The minimum Gasteiger partial charge on any atom is -0.497 e. The van der Waals surface area contributed by atoms with Gasteiger partial charge in [0.2, 0.25) is 0 Å². The van der Waals surface area contributed by atoms with Gasteiger partial charge in [-0.1, -0.05) is 12.1 Å². The van der Waals surface area contributed by atoms with Gasteiger partial charge in [-0.15, -0.1) is 0 Å². The molecule has 1 N–H and O–H groups in total. The van der Waals surface area contributed by atoms with Gasteiger partial charge in [-0.05, 0) is 12.1 Å². The second-order valence-electron chi connectivity index (χ2n) is 3.61. The summed E-state index contributed by atoms with van der Waals surface area (Å²) >= 11 is 0. The average molecular weight is 232 g/mol. The van der Waals surface area contributed by atoms with Gasteiger partial charge in [0.15, 0.2) is 6.29 Å². The Morgan fingerprint density at radius 3 is 2.82 bits per heavy atom. The third kappa shape index (κ3) is 1.87. The highest BCUT2D eigenvalue weighted by Gasteiger charge is 2.13. The summed E-state index contributed by atoms with van der Waals surface area (Å²) in [5.74, 6) is 0.670. The van der Waals surface area contributed by atoms with Crippen LogP contribution in [0.3, 0.4) is 0 Å². The Morgan fingerprint density at radius 1 is 1.41 bits per heavy atom. The van der Waals surface area contributed by atoms with Crippen molar-refractivity contribution in [2.24, 2.45) is 7.05 Å². The van der Waals surface area contributed by atoms with Crippen molar-refractivity contribution in [2.45, 2.75) is 0 Å². The van der Waals surface area contributed by atoms with E-state index in [4.69, 9.17) is 4.74 Å². The smallest absolute Gasteiger partial charge is 0.277 e. The first-order valence-corrected chi connectivity index (χ1v) is 5.06. The van der Waals surface area contributed by atoms with Crippen LogP contribution in [0.15, 0.2) is 29.1 Å². The molecule has 1 aromatic carbocycles. The van der Waals surface area contributed by atoms with Gasteiger partial charge in [0, 0.05) is 12.6 Å². The summed E-state index contributed by atoms with van der Waals surface area (Å²) in [6.45, 7) is 0. The first-order chi connectivity index (χ1) is 8.17.